The molecular weight excluding hydrogens is 251 g/mol. The monoisotopic (exact) mass is 256 g/mol. The minimum atomic E-state index is -0.400. The number of benzene rings is 1. The smallest absolute Gasteiger partial charge is 0.192 e. The molecule has 0 unspecified atom stereocenters. The highest BCUT2D eigenvalue weighted by molar-refractivity contribution is 9.10. The molecule has 0 atom stereocenters. The fourth-order valence-corrected chi connectivity index (χ4v) is 1.46. The van der Waals surface area contributed by atoms with Crippen molar-refractivity contribution in [2.24, 2.45) is 0 Å². The van der Waals surface area contributed by atoms with Gasteiger partial charge in [-0.05, 0) is 18.2 Å². The molecule has 0 fully saturated rings. The molecule has 0 radical (unpaired) electrons. The highest BCUT2D eigenvalue weighted by Crippen LogP contribution is 2.29. The van der Waals surface area contributed by atoms with Crippen molar-refractivity contribution >= 4 is 21.6 Å². The highest BCUT2D eigenvalue weighted by Gasteiger charge is 2.12. The van der Waals surface area contributed by atoms with Gasteiger partial charge in [-0.1, -0.05) is 21.1 Å². The molecule has 0 aliphatic heterocycles. The minimum Gasteiger partial charge on any atom is -0.394 e. The minimum absolute atomic E-state index is 0.259. The first-order chi connectivity index (χ1) is 6.68. The Kier molecular flexibility index (Phi) is 2.25. The van der Waals surface area contributed by atoms with Crippen LogP contribution in [0, 0.1) is 5.82 Å². The maximum atomic E-state index is 13.4. The topological polar surface area (TPSA) is 52.0 Å². The zero-order valence-electron chi connectivity index (χ0n) is 7.00. The summed E-state index contributed by atoms with van der Waals surface area (Å²) in [6.45, 7) is 0. The van der Waals surface area contributed by atoms with Crippen LogP contribution in [0.2, 0.25) is 0 Å². The fraction of sp³-hybridized carbons (Fsp3) is 0. The summed E-state index contributed by atoms with van der Waals surface area (Å²) in [5, 5.41) is 3.48. The number of nitrogen functional groups attached to an aromatic ring is 1. The van der Waals surface area contributed by atoms with Crippen LogP contribution < -0.4 is 5.73 Å². The summed E-state index contributed by atoms with van der Waals surface area (Å²) in [5.74, 6) is -0.141. The van der Waals surface area contributed by atoms with Gasteiger partial charge in [0, 0.05) is 4.47 Å². The van der Waals surface area contributed by atoms with Gasteiger partial charge in [-0.3, -0.25) is 0 Å². The zero-order chi connectivity index (χ0) is 10.1. The molecule has 1 heterocycles. The van der Waals surface area contributed by atoms with Crippen molar-refractivity contribution in [1.29, 1.82) is 0 Å². The van der Waals surface area contributed by atoms with E-state index in [9.17, 15) is 4.39 Å². The van der Waals surface area contributed by atoms with Crippen LogP contribution in [-0.2, 0) is 0 Å². The number of halogens is 2. The number of nitrogens with two attached hydrogens (primary N) is 1. The molecule has 2 aromatic rings. The molecule has 2 rings (SSSR count). The number of rotatable bonds is 1. The lowest BCUT2D eigenvalue weighted by Crippen LogP contribution is -1.88. The molecule has 0 saturated carbocycles. The maximum absolute atomic E-state index is 13.4. The second-order valence-corrected chi connectivity index (χ2v) is 3.65. The number of hydrogen-bond donors (Lipinski definition) is 1. The van der Waals surface area contributed by atoms with Gasteiger partial charge in [0.25, 0.3) is 0 Å². The normalized spacial score (nSPS) is 10.4. The lowest BCUT2D eigenvalue weighted by Gasteiger charge is -1.99. The molecule has 0 aliphatic rings. The zero-order valence-corrected chi connectivity index (χ0v) is 8.58. The summed E-state index contributed by atoms with van der Waals surface area (Å²) >= 11 is 3.16. The lowest BCUT2D eigenvalue weighted by molar-refractivity contribution is 0.430. The van der Waals surface area contributed by atoms with Gasteiger partial charge < -0.3 is 10.3 Å². The molecule has 0 aliphatic carbocycles. The van der Waals surface area contributed by atoms with E-state index in [-0.39, 0.29) is 5.76 Å². The maximum Gasteiger partial charge on any atom is 0.192 e. The third-order valence-corrected chi connectivity index (χ3v) is 2.27. The Balaban J connectivity index is 2.58. The van der Waals surface area contributed by atoms with Crippen LogP contribution in [0.4, 0.5) is 10.1 Å². The lowest BCUT2D eigenvalue weighted by atomic mass is 10.1. The first kappa shape index (κ1) is 9.21. The first-order valence-corrected chi connectivity index (χ1v) is 4.63. The molecule has 72 valence electrons. The molecular formula is C9H6BrFN2O. The highest BCUT2D eigenvalue weighted by atomic mass is 79.9. The SMILES string of the molecule is Nc1cnoc1-c1ccc(Br)cc1F. The van der Waals surface area contributed by atoms with Crippen LogP contribution in [0.1, 0.15) is 0 Å². The van der Waals surface area contributed by atoms with Crippen molar-refractivity contribution in [3.05, 3.63) is 34.7 Å². The third-order valence-electron chi connectivity index (χ3n) is 1.77. The molecule has 1 aromatic carbocycles. The van der Waals surface area contributed by atoms with E-state index in [0.717, 1.165) is 0 Å². The van der Waals surface area contributed by atoms with Gasteiger partial charge >= 0.3 is 0 Å². The van der Waals surface area contributed by atoms with Crippen molar-refractivity contribution in [1.82, 2.24) is 5.16 Å². The Morgan fingerprint density at radius 3 is 2.79 bits per heavy atom. The summed E-state index contributed by atoms with van der Waals surface area (Å²) in [6.07, 6.45) is 1.34. The van der Waals surface area contributed by atoms with Crippen LogP contribution in [0.5, 0.6) is 0 Å². The van der Waals surface area contributed by atoms with E-state index < -0.39 is 5.82 Å². The summed E-state index contributed by atoms with van der Waals surface area (Å²) in [6, 6.07) is 4.63. The standard InChI is InChI=1S/C9H6BrFN2O/c10-5-1-2-6(7(11)3-5)9-8(12)4-13-14-9/h1-4H,12H2. The van der Waals surface area contributed by atoms with Crippen molar-refractivity contribution in [2.45, 2.75) is 0 Å². The predicted molar refractivity (Wildman–Crippen MR) is 54.0 cm³/mol. The number of anilines is 1. The second-order valence-electron chi connectivity index (χ2n) is 2.73. The molecule has 3 nitrogen and oxygen atoms in total. The van der Waals surface area contributed by atoms with E-state index in [1.807, 2.05) is 0 Å². The van der Waals surface area contributed by atoms with Crippen LogP contribution in [0.25, 0.3) is 11.3 Å². The van der Waals surface area contributed by atoms with E-state index in [2.05, 4.69) is 21.1 Å². The van der Waals surface area contributed by atoms with Crippen molar-refractivity contribution in [3.63, 3.8) is 0 Å². The van der Waals surface area contributed by atoms with Gasteiger partial charge in [-0.25, -0.2) is 4.39 Å². The molecule has 0 amide bonds. The van der Waals surface area contributed by atoms with E-state index in [4.69, 9.17) is 10.3 Å². The Morgan fingerprint density at radius 2 is 2.21 bits per heavy atom. The Morgan fingerprint density at radius 1 is 1.43 bits per heavy atom. The number of aromatic nitrogens is 1. The van der Waals surface area contributed by atoms with E-state index in [0.29, 0.717) is 15.7 Å². The molecule has 1 aromatic heterocycles. The number of nitrogens with zero attached hydrogens (tertiary/aromatic N) is 1. The van der Waals surface area contributed by atoms with E-state index in [1.165, 1.54) is 12.3 Å². The van der Waals surface area contributed by atoms with E-state index >= 15 is 0 Å². The van der Waals surface area contributed by atoms with Crippen molar-refractivity contribution in [3.8, 4) is 11.3 Å². The molecule has 2 N–H and O–H groups in total. The molecule has 0 spiro atoms. The van der Waals surface area contributed by atoms with Crippen LogP contribution in [0.15, 0.2) is 33.4 Å². The van der Waals surface area contributed by atoms with Gasteiger partial charge in [0.15, 0.2) is 5.76 Å². The Labute approximate surface area is 87.8 Å². The average Bonchev–Trinajstić information content (AvgIpc) is 2.52. The predicted octanol–water partition coefficient (Wildman–Crippen LogP) is 2.83. The molecule has 0 bridgehead atoms. The Bertz CT molecular complexity index is 470. The Hall–Kier alpha value is -1.36. The van der Waals surface area contributed by atoms with Gasteiger partial charge in [0.2, 0.25) is 0 Å². The quantitative estimate of drug-likeness (QED) is 0.854. The summed E-state index contributed by atoms with van der Waals surface area (Å²) in [4.78, 5) is 0. The average molecular weight is 257 g/mol. The number of hydrogen-bond acceptors (Lipinski definition) is 3. The summed E-state index contributed by atoms with van der Waals surface area (Å²) in [7, 11) is 0. The summed E-state index contributed by atoms with van der Waals surface area (Å²) < 4.78 is 18.9. The van der Waals surface area contributed by atoms with Gasteiger partial charge in [-0.15, -0.1) is 0 Å². The van der Waals surface area contributed by atoms with Gasteiger partial charge in [-0.2, -0.15) is 0 Å². The summed E-state index contributed by atoms with van der Waals surface area (Å²) in [5.41, 5.74) is 6.18. The van der Waals surface area contributed by atoms with Crippen LogP contribution in [0.3, 0.4) is 0 Å². The second kappa shape index (κ2) is 3.42. The van der Waals surface area contributed by atoms with E-state index in [1.54, 1.807) is 12.1 Å². The van der Waals surface area contributed by atoms with Crippen molar-refractivity contribution < 1.29 is 8.91 Å². The molecule has 5 heteroatoms. The molecule has 0 saturated heterocycles. The van der Waals surface area contributed by atoms with Gasteiger partial charge in [0.1, 0.15) is 11.5 Å². The fourth-order valence-electron chi connectivity index (χ4n) is 1.13. The largest absolute Gasteiger partial charge is 0.394 e. The van der Waals surface area contributed by atoms with Crippen LogP contribution >= 0.6 is 15.9 Å². The third kappa shape index (κ3) is 1.50. The first-order valence-electron chi connectivity index (χ1n) is 3.84. The molecule has 14 heavy (non-hydrogen) atoms. The van der Waals surface area contributed by atoms with Crippen molar-refractivity contribution in [2.75, 3.05) is 5.73 Å². The van der Waals surface area contributed by atoms with Gasteiger partial charge in [0.05, 0.1) is 11.8 Å². The van der Waals surface area contributed by atoms with Crippen LogP contribution in [-0.4, -0.2) is 5.16 Å².